The van der Waals surface area contributed by atoms with Gasteiger partial charge in [-0.2, -0.15) is 0 Å². The monoisotopic (exact) mass is 288 g/mol. The maximum atomic E-state index is 12.0. The summed E-state index contributed by atoms with van der Waals surface area (Å²) in [4.78, 5) is 23.4. The maximum Gasteiger partial charge on any atom is 0.347 e. The van der Waals surface area contributed by atoms with Gasteiger partial charge in [0.05, 0.1) is 12.7 Å². The molecule has 110 valence electrons. The van der Waals surface area contributed by atoms with E-state index in [1.165, 1.54) is 0 Å². The molecule has 1 fully saturated rings. The Kier molecular flexibility index (Phi) is 3.41. The molecule has 2 aromatic rings. The van der Waals surface area contributed by atoms with Crippen LogP contribution in [-0.4, -0.2) is 24.1 Å². The standard InChI is InChI=1S/C16H16O5/c1-9-3-4-12-11(8-19-13(12)5-9)7-15(17)21-14-6-10(2)20-16(14)18/h3-5,8,10,14H,6-7H2,1-2H3. The summed E-state index contributed by atoms with van der Waals surface area (Å²) >= 11 is 0. The first-order valence-electron chi connectivity index (χ1n) is 6.89. The lowest BCUT2D eigenvalue weighted by atomic mass is 10.1. The Morgan fingerprint density at radius 2 is 2.24 bits per heavy atom. The number of esters is 2. The number of ether oxygens (including phenoxy) is 2. The highest BCUT2D eigenvalue weighted by molar-refractivity contribution is 5.87. The van der Waals surface area contributed by atoms with E-state index < -0.39 is 18.0 Å². The topological polar surface area (TPSA) is 65.7 Å². The number of benzene rings is 1. The fourth-order valence-corrected chi connectivity index (χ4v) is 2.50. The number of cyclic esters (lactones) is 1. The molecule has 2 heterocycles. The Bertz CT molecular complexity index is 700. The summed E-state index contributed by atoms with van der Waals surface area (Å²) in [5.41, 5.74) is 2.59. The van der Waals surface area contributed by atoms with Crippen LogP contribution >= 0.6 is 0 Å². The number of carbonyl (C=O) groups is 2. The van der Waals surface area contributed by atoms with Gasteiger partial charge in [-0.3, -0.25) is 4.79 Å². The van der Waals surface area contributed by atoms with Crippen LogP contribution in [0, 0.1) is 6.92 Å². The quantitative estimate of drug-likeness (QED) is 0.812. The van der Waals surface area contributed by atoms with Crippen LogP contribution in [0.1, 0.15) is 24.5 Å². The van der Waals surface area contributed by atoms with Gasteiger partial charge in [0.1, 0.15) is 11.7 Å². The molecule has 1 aromatic carbocycles. The molecule has 1 aromatic heterocycles. The number of fused-ring (bicyclic) bond motifs is 1. The van der Waals surface area contributed by atoms with E-state index in [-0.39, 0.29) is 12.5 Å². The van der Waals surface area contributed by atoms with Gasteiger partial charge < -0.3 is 13.9 Å². The number of furan rings is 1. The van der Waals surface area contributed by atoms with E-state index in [0.717, 1.165) is 22.1 Å². The molecule has 0 saturated carbocycles. The third-order valence-electron chi connectivity index (χ3n) is 3.55. The Labute approximate surface area is 121 Å². The summed E-state index contributed by atoms with van der Waals surface area (Å²) < 4.78 is 15.6. The molecule has 2 atom stereocenters. The Morgan fingerprint density at radius 3 is 2.95 bits per heavy atom. The van der Waals surface area contributed by atoms with E-state index in [4.69, 9.17) is 13.9 Å². The lowest BCUT2D eigenvalue weighted by Gasteiger charge is -2.07. The summed E-state index contributed by atoms with van der Waals surface area (Å²) in [5.74, 6) is -0.919. The molecule has 1 saturated heterocycles. The molecular formula is C16H16O5. The SMILES string of the molecule is Cc1ccc2c(CC(=O)OC3CC(C)OC3=O)coc2c1. The highest BCUT2D eigenvalue weighted by Crippen LogP contribution is 2.24. The van der Waals surface area contributed by atoms with Gasteiger partial charge in [-0.1, -0.05) is 12.1 Å². The molecule has 3 rings (SSSR count). The molecule has 0 spiro atoms. The molecule has 5 nitrogen and oxygen atoms in total. The second-order valence-electron chi connectivity index (χ2n) is 5.40. The zero-order valence-corrected chi connectivity index (χ0v) is 11.9. The first-order valence-corrected chi connectivity index (χ1v) is 6.89. The average Bonchev–Trinajstić information content (AvgIpc) is 2.93. The van der Waals surface area contributed by atoms with Gasteiger partial charge in [0.2, 0.25) is 6.10 Å². The molecule has 0 aliphatic carbocycles. The van der Waals surface area contributed by atoms with Gasteiger partial charge >= 0.3 is 11.9 Å². The van der Waals surface area contributed by atoms with Crippen LogP contribution in [0.3, 0.4) is 0 Å². The van der Waals surface area contributed by atoms with Crippen molar-refractivity contribution in [1.82, 2.24) is 0 Å². The molecular weight excluding hydrogens is 272 g/mol. The summed E-state index contributed by atoms with van der Waals surface area (Å²) in [6.45, 7) is 3.75. The van der Waals surface area contributed by atoms with E-state index in [9.17, 15) is 9.59 Å². The zero-order valence-electron chi connectivity index (χ0n) is 11.9. The number of aryl methyl sites for hydroxylation is 1. The van der Waals surface area contributed by atoms with Crippen molar-refractivity contribution in [3.63, 3.8) is 0 Å². The number of hydrogen-bond donors (Lipinski definition) is 0. The van der Waals surface area contributed by atoms with Gasteiger partial charge in [0, 0.05) is 17.4 Å². The van der Waals surface area contributed by atoms with Crippen LogP contribution < -0.4 is 0 Å². The minimum Gasteiger partial charge on any atom is -0.464 e. The minimum absolute atomic E-state index is 0.0776. The van der Waals surface area contributed by atoms with E-state index in [1.807, 2.05) is 25.1 Å². The van der Waals surface area contributed by atoms with Crippen molar-refractivity contribution in [3.8, 4) is 0 Å². The highest BCUT2D eigenvalue weighted by Gasteiger charge is 2.35. The van der Waals surface area contributed by atoms with Crippen LogP contribution in [0.5, 0.6) is 0 Å². The van der Waals surface area contributed by atoms with E-state index in [2.05, 4.69) is 0 Å². The summed E-state index contributed by atoms with van der Waals surface area (Å²) in [7, 11) is 0. The van der Waals surface area contributed by atoms with Crippen molar-refractivity contribution in [2.24, 2.45) is 0 Å². The first kappa shape index (κ1) is 13.7. The van der Waals surface area contributed by atoms with Crippen molar-refractivity contribution in [2.75, 3.05) is 0 Å². The lowest BCUT2D eigenvalue weighted by Crippen LogP contribution is -2.23. The second kappa shape index (κ2) is 5.24. The van der Waals surface area contributed by atoms with E-state index in [1.54, 1.807) is 13.2 Å². The Balaban J connectivity index is 1.70. The summed E-state index contributed by atoms with van der Waals surface area (Å²) in [6, 6.07) is 5.80. The summed E-state index contributed by atoms with van der Waals surface area (Å²) in [6.07, 6.45) is 1.06. The molecule has 2 unspecified atom stereocenters. The normalized spacial score (nSPS) is 21.5. The van der Waals surface area contributed by atoms with Crippen molar-refractivity contribution in [3.05, 3.63) is 35.6 Å². The Hall–Kier alpha value is -2.30. The van der Waals surface area contributed by atoms with Crippen LogP contribution in [0.25, 0.3) is 11.0 Å². The highest BCUT2D eigenvalue weighted by atomic mass is 16.6. The predicted octanol–water partition coefficient (Wildman–Crippen LogP) is 2.53. The number of carbonyl (C=O) groups excluding carboxylic acids is 2. The van der Waals surface area contributed by atoms with Gasteiger partial charge in [-0.15, -0.1) is 0 Å². The molecule has 5 heteroatoms. The first-order chi connectivity index (χ1) is 10.0. The van der Waals surface area contributed by atoms with Crippen LogP contribution in [-0.2, 0) is 25.5 Å². The molecule has 0 N–H and O–H groups in total. The van der Waals surface area contributed by atoms with E-state index in [0.29, 0.717) is 6.42 Å². The largest absolute Gasteiger partial charge is 0.464 e. The maximum absolute atomic E-state index is 12.0. The van der Waals surface area contributed by atoms with Gasteiger partial charge in [0.15, 0.2) is 0 Å². The molecule has 0 bridgehead atoms. The molecule has 21 heavy (non-hydrogen) atoms. The van der Waals surface area contributed by atoms with E-state index >= 15 is 0 Å². The molecule has 0 amide bonds. The third-order valence-corrected chi connectivity index (χ3v) is 3.55. The molecule has 0 radical (unpaired) electrons. The fourth-order valence-electron chi connectivity index (χ4n) is 2.50. The van der Waals surface area contributed by atoms with Crippen molar-refractivity contribution < 1.29 is 23.5 Å². The van der Waals surface area contributed by atoms with Crippen LogP contribution in [0.4, 0.5) is 0 Å². The minimum atomic E-state index is -0.784. The zero-order chi connectivity index (χ0) is 15.0. The predicted molar refractivity (Wildman–Crippen MR) is 74.7 cm³/mol. The van der Waals surface area contributed by atoms with Gasteiger partial charge in [0.25, 0.3) is 0 Å². The van der Waals surface area contributed by atoms with Crippen molar-refractivity contribution in [1.29, 1.82) is 0 Å². The van der Waals surface area contributed by atoms with Crippen molar-refractivity contribution >= 4 is 22.9 Å². The summed E-state index contributed by atoms with van der Waals surface area (Å²) in [5, 5.41) is 0.889. The van der Waals surface area contributed by atoms with Gasteiger partial charge in [-0.05, 0) is 25.5 Å². The second-order valence-corrected chi connectivity index (χ2v) is 5.40. The van der Waals surface area contributed by atoms with Crippen molar-refractivity contribution in [2.45, 2.75) is 38.9 Å². The van der Waals surface area contributed by atoms with Gasteiger partial charge in [-0.25, -0.2) is 4.79 Å². The van der Waals surface area contributed by atoms with Crippen LogP contribution in [0.2, 0.25) is 0 Å². The van der Waals surface area contributed by atoms with Crippen LogP contribution in [0.15, 0.2) is 28.9 Å². The smallest absolute Gasteiger partial charge is 0.347 e. The number of rotatable bonds is 3. The number of hydrogen-bond acceptors (Lipinski definition) is 5. The third kappa shape index (κ3) is 2.77. The molecule has 1 aliphatic rings. The fraction of sp³-hybridized carbons (Fsp3) is 0.375. The molecule has 1 aliphatic heterocycles. The Morgan fingerprint density at radius 1 is 1.43 bits per heavy atom. The average molecular weight is 288 g/mol. The lowest BCUT2D eigenvalue weighted by molar-refractivity contribution is -0.160.